The highest BCUT2D eigenvalue weighted by Gasteiger charge is 2.29. The zero-order valence-corrected chi connectivity index (χ0v) is 14.8. The number of ketones is 2. The monoisotopic (exact) mass is 320 g/mol. The van der Waals surface area contributed by atoms with Gasteiger partial charge < -0.3 is 0 Å². The van der Waals surface area contributed by atoms with Crippen LogP contribution in [0.25, 0.3) is 0 Å². The second kappa shape index (κ2) is 7.87. The van der Waals surface area contributed by atoms with Gasteiger partial charge in [0.05, 0.1) is 0 Å². The fourth-order valence-electron chi connectivity index (χ4n) is 2.85. The van der Waals surface area contributed by atoms with Crippen molar-refractivity contribution in [2.75, 3.05) is 0 Å². The summed E-state index contributed by atoms with van der Waals surface area (Å²) in [5, 5.41) is 0. The minimum atomic E-state index is -0.0323. The number of allylic oxidation sites excluding steroid dienone is 8. The second-order valence-electron chi connectivity index (χ2n) is 5.85. The van der Waals surface area contributed by atoms with Crippen LogP contribution in [0.2, 0.25) is 0 Å². The van der Waals surface area contributed by atoms with E-state index in [-0.39, 0.29) is 11.6 Å². The number of Topliss-reactive ketones (excluding diaryl/α,β-unsaturated/α-hetero) is 2. The number of fused-ring (bicyclic) bond motifs is 1. The first kappa shape index (κ1) is 17.9. The smallest absolute Gasteiger partial charge is 0.190 e. The molecule has 0 N–H and O–H groups in total. The lowest BCUT2D eigenvalue weighted by Gasteiger charge is -2.19. The summed E-state index contributed by atoms with van der Waals surface area (Å²) in [5.41, 5.74) is 4.59. The van der Waals surface area contributed by atoms with Crippen LogP contribution in [0.15, 0.2) is 70.9 Å². The van der Waals surface area contributed by atoms with E-state index >= 15 is 0 Å². The zero-order valence-electron chi connectivity index (χ0n) is 14.8. The quantitative estimate of drug-likeness (QED) is 0.707. The van der Waals surface area contributed by atoms with E-state index in [0.29, 0.717) is 28.7 Å². The molecule has 2 nitrogen and oxygen atoms in total. The van der Waals surface area contributed by atoms with Crippen molar-refractivity contribution in [1.82, 2.24) is 0 Å². The topological polar surface area (TPSA) is 34.1 Å². The first-order valence-corrected chi connectivity index (χ1v) is 8.49. The van der Waals surface area contributed by atoms with Gasteiger partial charge in [-0.3, -0.25) is 9.59 Å². The number of carbonyl (C=O) groups excluding carboxylic acids is 2. The van der Waals surface area contributed by atoms with Crippen LogP contribution in [0.5, 0.6) is 0 Å². The van der Waals surface area contributed by atoms with Crippen LogP contribution < -0.4 is 0 Å². The lowest BCUT2D eigenvalue weighted by molar-refractivity contribution is 0.0973. The molecule has 1 aromatic carbocycles. The summed E-state index contributed by atoms with van der Waals surface area (Å²) in [6.45, 7) is 7.84. The molecule has 0 spiro atoms. The van der Waals surface area contributed by atoms with Crippen molar-refractivity contribution in [3.63, 3.8) is 0 Å². The maximum atomic E-state index is 12.7. The molecule has 124 valence electrons. The molecule has 2 heteroatoms. The highest BCUT2D eigenvalue weighted by molar-refractivity contribution is 6.26. The molecular formula is C22H24O2. The van der Waals surface area contributed by atoms with Crippen LogP contribution in [0.3, 0.4) is 0 Å². The number of hydrogen-bond acceptors (Lipinski definition) is 2. The Morgan fingerprint density at radius 2 is 1.54 bits per heavy atom. The third-order valence-electron chi connectivity index (χ3n) is 4.22. The number of carbonyl (C=O) groups is 2. The molecule has 0 saturated carbocycles. The fraction of sp³-hybridized carbons (Fsp3) is 0.273. The Hall–Kier alpha value is -2.48. The minimum Gasteiger partial charge on any atom is -0.289 e. The van der Waals surface area contributed by atoms with Crippen molar-refractivity contribution in [3.8, 4) is 0 Å². The fourth-order valence-corrected chi connectivity index (χ4v) is 2.85. The van der Waals surface area contributed by atoms with Gasteiger partial charge in [-0.2, -0.15) is 0 Å². The van der Waals surface area contributed by atoms with Crippen LogP contribution in [0.1, 0.15) is 61.3 Å². The van der Waals surface area contributed by atoms with E-state index in [9.17, 15) is 9.59 Å². The highest BCUT2D eigenvalue weighted by Crippen LogP contribution is 2.30. The Morgan fingerprint density at radius 1 is 0.917 bits per heavy atom. The third-order valence-corrected chi connectivity index (χ3v) is 4.22. The van der Waals surface area contributed by atoms with Crippen molar-refractivity contribution < 1.29 is 9.59 Å². The lowest BCUT2D eigenvalue weighted by atomic mass is 9.82. The van der Waals surface area contributed by atoms with Gasteiger partial charge in [-0.15, -0.1) is 0 Å². The first-order chi connectivity index (χ1) is 11.6. The van der Waals surface area contributed by atoms with E-state index < -0.39 is 0 Å². The van der Waals surface area contributed by atoms with Crippen molar-refractivity contribution in [3.05, 3.63) is 82.0 Å². The lowest BCUT2D eigenvalue weighted by Crippen LogP contribution is -2.21. The zero-order chi connectivity index (χ0) is 17.7. The molecule has 0 bridgehead atoms. The summed E-state index contributed by atoms with van der Waals surface area (Å²) in [4.78, 5) is 25.2. The molecule has 0 aliphatic heterocycles. The van der Waals surface area contributed by atoms with E-state index in [2.05, 4.69) is 19.1 Å². The average Bonchev–Trinajstić information content (AvgIpc) is 2.83. The summed E-state index contributed by atoms with van der Waals surface area (Å²) in [6, 6.07) is 7.07. The molecule has 2 aliphatic rings. The predicted octanol–water partition coefficient (Wildman–Crippen LogP) is 5.63. The van der Waals surface area contributed by atoms with Crippen LogP contribution >= 0.6 is 0 Å². The maximum absolute atomic E-state index is 12.7. The molecule has 0 fully saturated rings. The summed E-state index contributed by atoms with van der Waals surface area (Å²) >= 11 is 0. The van der Waals surface area contributed by atoms with Crippen LogP contribution in [-0.2, 0) is 0 Å². The first-order valence-electron chi connectivity index (χ1n) is 8.49. The Morgan fingerprint density at radius 3 is 2.21 bits per heavy atom. The summed E-state index contributed by atoms with van der Waals surface area (Å²) < 4.78 is 0. The van der Waals surface area contributed by atoms with Gasteiger partial charge >= 0.3 is 0 Å². The van der Waals surface area contributed by atoms with Crippen molar-refractivity contribution >= 4 is 11.6 Å². The molecule has 0 radical (unpaired) electrons. The molecule has 0 saturated heterocycles. The second-order valence-corrected chi connectivity index (χ2v) is 5.85. The molecule has 0 heterocycles. The third kappa shape index (κ3) is 3.53. The van der Waals surface area contributed by atoms with Crippen molar-refractivity contribution in [2.24, 2.45) is 0 Å². The largest absolute Gasteiger partial charge is 0.289 e. The standard InChI is InChI=1S/C20H18O2.C2H6/c1-13-6-5-7-15(11-10-13)12-18-14(2)19(21)16-8-3-4-9-17(16)20(18)22;1-2/h3-5,7-11H,6,12H2,1-2H3;1-2H3. The van der Waals surface area contributed by atoms with Gasteiger partial charge in [0.1, 0.15) is 0 Å². The van der Waals surface area contributed by atoms with Gasteiger partial charge in [-0.05, 0) is 25.8 Å². The highest BCUT2D eigenvalue weighted by atomic mass is 16.1. The van der Waals surface area contributed by atoms with Crippen molar-refractivity contribution in [2.45, 2.75) is 40.5 Å². The van der Waals surface area contributed by atoms with Gasteiger partial charge in [0.25, 0.3) is 0 Å². The van der Waals surface area contributed by atoms with E-state index in [1.165, 1.54) is 5.57 Å². The number of hydrogen-bond donors (Lipinski definition) is 0. The van der Waals surface area contributed by atoms with E-state index in [0.717, 1.165) is 12.0 Å². The number of benzene rings is 1. The molecule has 0 atom stereocenters. The predicted molar refractivity (Wildman–Crippen MR) is 99.4 cm³/mol. The molecule has 0 unspecified atom stereocenters. The molecule has 24 heavy (non-hydrogen) atoms. The molecule has 3 rings (SSSR count). The van der Waals surface area contributed by atoms with Gasteiger partial charge in [0.2, 0.25) is 0 Å². The van der Waals surface area contributed by atoms with Crippen LogP contribution in [-0.4, -0.2) is 11.6 Å². The van der Waals surface area contributed by atoms with Gasteiger partial charge in [0, 0.05) is 28.7 Å². The summed E-state index contributed by atoms with van der Waals surface area (Å²) in [7, 11) is 0. The summed E-state index contributed by atoms with van der Waals surface area (Å²) in [6.07, 6.45) is 9.69. The van der Waals surface area contributed by atoms with Gasteiger partial charge in [-0.25, -0.2) is 0 Å². The Labute approximate surface area is 144 Å². The number of rotatable bonds is 2. The van der Waals surface area contributed by atoms with Crippen LogP contribution in [0.4, 0.5) is 0 Å². The van der Waals surface area contributed by atoms with E-state index in [1.54, 1.807) is 31.2 Å². The van der Waals surface area contributed by atoms with Gasteiger partial charge in [0.15, 0.2) is 11.6 Å². The van der Waals surface area contributed by atoms with Crippen LogP contribution in [0, 0.1) is 0 Å². The Bertz CT molecular complexity index is 786. The molecule has 2 aliphatic carbocycles. The summed E-state index contributed by atoms with van der Waals surface area (Å²) in [5.74, 6) is -0.0536. The molecular weight excluding hydrogens is 296 g/mol. The Kier molecular flexibility index (Phi) is 5.86. The van der Waals surface area contributed by atoms with Gasteiger partial charge in [-0.1, -0.05) is 68.0 Å². The van der Waals surface area contributed by atoms with E-state index in [1.807, 2.05) is 26.0 Å². The normalized spacial score (nSPS) is 16.7. The molecule has 0 amide bonds. The molecule has 0 aromatic heterocycles. The SMILES string of the molecule is CC.CC1=CC=C(CC2=C(C)C(=O)c3ccccc3C2=O)C=CC1. The Balaban J connectivity index is 0.00000100. The maximum Gasteiger partial charge on any atom is 0.190 e. The molecule has 1 aromatic rings. The van der Waals surface area contributed by atoms with Crippen molar-refractivity contribution in [1.29, 1.82) is 0 Å². The minimum absolute atomic E-state index is 0.0213. The average molecular weight is 320 g/mol. The van der Waals surface area contributed by atoms with E-state index in [4.69, 9.17) is 0 Å².